The fraction of sp³-hybridized carbons (Fsp3) is 0.312. The number of thioether (sulfide) groups is 1. The van der Waals surface area contributed by atoms with Crippen LogP contribution in [-0.2, 0) is 52.8 Å². The Morgan fingerprint density at radius 3 is 1.88 bits per heavy atom. The van der Waals surface area contributed by atoms with Crippen molar-refractivity contribution in [3.8, 4) is 11.1 Å². The molecule has 0 fully saturated rings. The first-order valence-corrected chi connectivity index (χ1v) is 22.2. The fourth-order valence-corrected chi connectivity index (χ4v) is 8.40. The molecule has 2 bridgehead atoms. The van der Waals surface area contributed by atoms with Gasteiger partial charge in [-0.05, 0) is 71.2 Å². The van der Waals surface area contributed by atoms with E-state index in [-0.39, 0.29) is 43.9 Å². The minimum Gasteiger partial charge on any atom is -0.480 e. The number of amides is 6. The van der Waals surface area contributed by atoms with Crippen molar-refractivity contribution in [2.75, 3.05) is 11.9 Å². The fourth-order valence-electron chi connectivity index (χ4n) is 7.43. The number of rotatable bonds is 12. The molecule has 334 valence electrons. The van der Waals surface area contributed by atoms with E-state index in [9.17, 15) is 38.7 Å². The summed E-state index contributed by atoms with van der Waals surface area (Å²) in [6, 6.07) is 25.9. The molecule has 0 saturated heterocycles. The first kappa shape index (κ1) is 46.7. The summed E-state index contributed by atoms with van der Waals surface area (Å²) in [7, 11) is 0. The molecule has 0 radical (unpaired) electrons. The van der Waals surface area contributed by atoms with Gasteiger partial charge in [0.25, 0.3) is 0 Å². The van der Waals surface area contributed by atoms with Gasteiger partial charge in [-0.3, -0.25) is 28.8 Å². The number of nitrogens with one attached hydrogen (secondary N) is 6. The Balaban J connectivity index is 1.36. The van der Waals surface area contributed by atoms with Gasteiger partial charge >= 0.3 is 5.97 Å². The van der Waals surface area contributed by atoms with Gasteiger partial charge in [0.2, 0.25) is 35.4 Å². The number of carboxylic acids is 1. The van der Waals surface area contributed by atoms with Gasteiger partial charge in [-0.1, -0.05) is 103 Å². The molecule has 6 amide bonds. The second-order valence-corrected chi connectivity index (χ2v) is 17.0. The second kappa shape index (κ2) is 23.1. The van der Waals surface area contributed by atoms with Crippen molar-refractivity contribution in [2.24, 2.45) is 5.73 Å². The van der Waals surface area contributed by atoms with E-state index in [0.29, 0.717) is 35.2 Å². The largest absolute Gasteiger partial charge is 0.480 e. The highest BCUT2D eigenvalue weighted by atomic mass is 32.2. The number of benzene rings is 4. The summed E-state index contributed by atoms with van der Waals surface area (Å²) >= 11 is 1.49. The molecule has 7 rings (SSSR count). The summed E-state index contributed by atoms with van der Waals surface area (Å²) in [6.07, 6.45) is 2.42. The minimum atomic E-state index is -1.41. The van der Waals surface area contributed by atoms with Crippen molar-refractivity contribution in [2.45, 2.75) is 86.8 Å². The average molecular weight is 888 g/mol. The lowest BCUT2D eigenvalue weighted by Gasteiger charge is -2.27. The van der Waals surface area contributed by atoms with Gasteiger partial charge < -0.3 is 42.7 Å². The van der Waals surface area contributed by atoms with Crippen molar-refractivity contribution in [3.05, 3.63) is 137 Å². The zero-order valence-corrected chi connectivity index (χ0v) is 36.0. The minimum absolute atomic E-state index is 0.0000984. The highest BCUT2D eigenvalue weighted by Gasteiger charge is 2.34. The predicted octanol–water partition coefficient (Wildman–Crippen LogP) is 3.38. The molecule has 0 spiro atoms. The third-order valence-electron chi connectivity index (χ3n) is 10.9. The smallest absolute Gasteiger partial charge is 0.326 e. The highest BCUT2D eigenvalue weighted by molar-refractivity contribution is 8.03. The number of hydrogen-bond donors (Lipinski definition) is 8. The molecule has 64 heavy (non-hydrogen) atoms. The van der Waals surface area contributed by atoms with Gasteiger partial charge in [0, 0.05) is 36.6 Å². The van der Waals surface area contributed by atoms with Gasteiger partial charge in [0.15, 0.2) is 0 Å². The molecule has 4 aromatic rings. The van der Waals surface area contributed by atoms with Crippen LogP contribution < -0.4 is 37.6 Å². The van der Waals surface area contributed by atoms with Crippen LogP contribution in [0.4, 0.5) is 5.69 Å². The van der Waals surface area contributed by atoms with Gasteiger partial charge in [0.05, 0.1) is 6.42 Å². The normalized spacial score (nSPS) is 22.2. The maximum Gasteiger partial charge on any atom is 0.326 e. The molecule has 15 nitrogen and oxygen atoms in total. The lowest BCUT2D eigenvalue weighted by molar-refractivity contribution is -0.142. The number of carboxylic acid groups (broad SMARTS) is 1. The van der Waals surface area contributed by atoms with E-state index in [2.05, 4.69) is 31.9 Å². The summed E-state index contributed by atoms with van der Waals surface area (Å²) in [5, 5.41) is 28.5. The standard InChI is InChI=1S/C48H53N7O8S/c49-23-7-14-42(56)51-40-29-43(57)52-39(28-36-13-8-24-64-36)47(61)54-38(26-31-15-19-34(20-16-31)33-11-5-2-6-12-33)45(59)53-37(25-30-9-3-1-4-10-30)46(60)55-41(48(62)63)27-32-17-21-35(22-18-32)50-44(40)58/h1-6,8-12,15-22,24,36-41H,7,13-14,23,25-29,49H2,(H,50,58)(H,51,56)(H,52,57)(H,53,59)(H,54,61)(H,55,60)(H,62,63)/t36?,37-,38+,39-,40+,41+/m1/s1. The number of carbonyl (C=O) groups excluding carboxylic acids is 6. The second-order valence-electron chi connectivity index (χ2n) is 15.8. The van der Waals surface area contributed by atoms with E-state index in [1.807, 2.05) is 66.1 Å². The zero-order chi connectivity index (χ0) is 45.4. The molecular formula is C48H53N7O8S. The molecule has 3 aliphatic heterocycles. The topological polar surface area (TPSA) is 238 Å². The Bertz CT molecular complexity index is 2290. The first-order chi connectivity index (χ1) is 30.9. The van der Waals surface area contributed by atoms with Gasteiger partial charge in [-0.25, -0.2) is 4.79 Å². The summed E-state index contributed by atoms with van der Waals surface area (Å²) < 4.78 is 0. The molecule has 0 aliphatic carbocycles. The van der Waals surface area contributed by atoms with Crippen LogP contribution in [0, 0.1) is 0 Å². The van der Waals surface area contributed by atoms with Gasteiger partial charge in [0.1, 0.15) is 30.2 Å². The van der Waals surface area contributed by atoms with Crippen molar-refractivity contribution in [3.63, 3.8) is 0 Å². The van der Waals surface area contributed by atoms with E-state index >= 15 is 0 Å². The number of anilines is 1. The summed E-state index contributed by atoms with van der Waals surface area (Å²) in [6.45, 7) is 0.236. The summed E-state index contributed by atoms with van der Waals surface area (Å²) in [4.78, 5) is 96.2. The van der Waals surface area contributed by atoms with Crippen LogP contribution in [0.25, 0.3) is 11.1 Å². The molecule has 16 heteroatoms. The molecule has 1 unspecified atom stereocenters. The van der Waals surface area contributed by atoms with Crippen molar-refractivity contribution < 1.29 is 38.7 Å². The van der Waals surface area contributed by atoms with Gasteiger partial charge in [-0.2, -0.15) is 0 Å². The number of hydrogen-bond acceptors (Lipinski definition) is 9. The van der Waals surface area contributed by atoms with Crippen LogP contribution in [0.15, 0.2) is 121 Å². The first-order valence-electron chi connectivity index (χ1n) is 21.3. The highest BCUT2D eigenvalue weighted by Crippen LogP contribution is 2.28. The maximum absolute atomic E-state index is 14.6. The third-order valence-corrected chi connectivity index (χ3v) is 12.0. The quantitative estimate of drug-likeness (QED) is 0.0966. The Labute approximate surface area is 375 Å². The molecule has 3 aliphatic rings. The van der Waals surface area contributed by atoms with E-state index in [4.69, 9.17) is 5.73 Å². The molecule has 4 aromatic carbocycles. The maximum atomic E-state index is 14.6. The number of allylic oxidation sites excluding steroid dienone is 1. The van der Waals surface area contributed by atoms with Crippen molar-refractivity contribution in [1.82, 2.24) is 26.6 Å². The molecule has 9 N–H and O–H groups in total. The van der Waals surface area contributed by atoms with E-state index in [1.165, 1.54) is 23.9 Å². The number of nitrogens with two attached hydrogens (primary N) is 1. The van der Waals surface area contributed by atoms with Crippen molar-refractivity contribution in [1.29, 1.82) is 0 Å². The molecular weight excluding hydrogens is 835 g/mol. The van der Waals surface area contributed by atoms with Gasteiger partial charge in [-0.15, -0.1) is 11.8 Å². The Kier molecular flexibility index (Phi) is 16.8. The third kappa shape index (κ3) is 13.9. The van der Waals surface area contributed by atoms with Crippen LogP contribution in [0.2, 0.25) is 0 Å². The molecule has 0 aromatic heterocycles. The number of carbonyl (C=O) groups is 7. The van der Waals surface area contributed by atoms with E-state index < -0.39 is 78.0 Å². The molecule has 0 saturated carbocycles. The van der Waals surface area contributed by atoms with Crippen LogP contribution in [0.1, 0.15) is 48.8 Å². The molecule has 6 atom stereocenters. The lowest BCUT2D eigenvalue weighted by Crippen LogP contribution is -2.59. The monoisotopic (exact) mass is 887 g/mol. The van der Waals surface area contributed by atoms with Crippen molar-refractivity contribution >= 4 is 58.9 Å². The average Bonchev–Trinajstić information content (AvgIpc) is 3.81. The Hall–Kier alpha value is -6.78. The van der Waals surface area contributed by atoms with Crippen LogP contribution in [-0.4, -0.2) is 88.5 Å². The van der Waals surface area contributed by atoms with E-state index in [1.54, 1.807) is 42.5 Å². The number of aliphatic carboxylic acids is 1. The SMILES string of the molecule is NCCCC(=O)N[C@H]1CC(=O)N[C@H](CC2CC=CS2)C(=O)N[C@@H](Cc2ccc(-c3ccccc3)cc2)C(=O)N[C@H](Cc2ccccc2)C(=O)N[C@H](C(=O)O)Cc2ccc(cc2)NC1=O. The number of fused-ring (bicyclic) bond motifs is 18. The van der Waals surface area contributed by atoms with E-state index in [0.717, 1.165) is 11.1 Å². The lowest BCUT2D eigenvalue weighted by atomic mass is 9.98. The summed E-state index contributed by atoms with van der Waals surface area (Å²) in [5.41, 5.74) is 9.70. The van der Waals surface area contributed by atoms with Crippen LogP contribution in [0.3, 0.4) is 0 Å². The molecule has 3 heterocycles. The Morgan fingerprint density at radius 2 is 1.27 bits per heavy atom. The Morgan fingerprint density at radius 1 is 0.672 bits per heavy atom. The van der Waals surface area contributed by atoms with Crippen LogP contribution in [0.5, 0.6) is 0 Å². The zero-order valence-electron chi connectivity index (χ0n) is 35.2. The predicted molar refractivity (Wildman–Crippen MR) is 244 cm³/mol. The summed E-state index contributed by atoms with van der Waals surface area (Å²) in [5.74, 6) is -5.38. The van der Waals surface area contributed by atoms with Crippen LogP contribution >= 0.6 is 11.8 Å².